The Morgan fingerprint density at radius 1 is 0.977 bits per heavy atom. The third-order valence-corrected chi connectivity index (χ3v) is 9.17. The van der Waals surface area contributed by atoms with E-state index in [2.05, 4.69) is 32.4 Å². The predicted octanol–water partition coefficient (Wildman–Crippen LogP) is 5.96. The van der Waals surface area contributed by atoms with E-state index in [9.17, 15) is 14.7 Å². The number of para-hydroxylation sites is 1. The zero-order valence-corrected chi connectivity index (χ0v) is 25.6. The van der Waals surface area contributed by atoms with Gasteiger partial charge in [0.1, 0.15) is 5.75 Å². The predicted molar refractivity (Wildman–Crippen MR) is 175 cm³/mol. The maximum atomic E-state index is 13.5. The Labute approximate surface area is 262 Å². The van der Waals surface area contributed by atoms with E-state index in [4.69, 9.17) is 11.6 Å². The Morgan fingerprint density at radius 3 is 2.50 bits per heavy atom. The molecule has 228 valence electrons. The summed E-state index contributed by atoms with van der Waals surface area (Å²) >= 11 is 6.43. The summed E-state index contributed by atoms with van der Waals surface area (Å²) in [5, 5.41) is 16.0. The lowest BCUT2D eigenvalue weighted by Gasteiger charge is -2.32. The van der Waals surface area contributed by atoms with Gasteiger partial charge < -0.3 is 25.3 Å². The van der Waals surface area contributed by atoms with E-state index >= 15 is 0 Å². The van der Waals surface area contributed by atoms with Gasteiger partial charge in [0.05, 0.1) is 12.6 Å². The zero-order valence-electron chi connectivity index (χ0n) is 24.9. The molecule has 8 nitrogen and oxygen atoms in total. The molecule has 1 atom stereocenters. The number of hydrogen-bond donors (Lipinski definition) is 4. The van der Waals surface area contributed by atoms with Gasteiger partial charge in [-0.15, -0.1) is 0 Å². The minimum Gasteiger partial charge on any atom is -0.508 e. The van der Waals surface area contributed by atoms with Crippen molar-refractivity contribution in [3.63, 3.8) is 0 Å². The number of benzene rings is 3. The molecule has 3 heterocycles. The van der Waals surface area contributed by atoms with Crippen LogP contribution in [0.2, 0.25) is 5.02 Å². The maximum Gasteiger partial charge on any atom is 0.234 e. The van der Waals surface area contributed by atoms with Crippen LogP contribution in [0.1, 0.15) is 42.4 Å². The number of fused-ring (bicyclic) bond motifs is 2. The number of aromatic hydroxyl groups is 1. The van der Waals surface area contributed by atoms with Gasteiger partial charge in [0, 0.05) is 59.2 Å². The summed E-state index contributed by atoms with van der Waals surface area (Å²) in [6.07, 6.45) is 6.49. The van der Waals surface area contributed by atoms with Gasteiger partial charge in [-0.05, 0) is 85.3 Å². The summed E-state index contributed by atoms with van der Waals surface area (Å²) in [4.78, 5) is 36.9. The average Bonchev–Trinajstić information content (AvgIpc) is 3.62. The molecule has 2 amide bonds. The number of piperidine rings is 1. The molecule has 1 aliphatic heterocycles. The van der Waals surface area contributed by atoms with Gasteiger partial charge in [-0.1, -0.05) is 48.0 Å². The van der Waals surface area contributed by atoms with Crippen LogP contribution < -0.4 is 5.32 Å². The summed E-state index contributed by atoms with van der Waals surface area (Å²) in [7, 11) is 0. The molecule has 0 aliphatic carbocycles. The fraction of sp³-hybridized carbons (Fsp3) is 0.314. The van der Waals surface area contributed by atoms with Crippen molar-refractivity contribution in [2.75, 3.05) is 26.2 Å². The Balaban J connectivity index is 1.13. The van der Waals surface area contributed by atoms with E-state index in [0.29, 0.717) is 37.0 Å². The van der Waals surface area contributed by atoms with Crippen LogP contribution in [0, 0.1) is 0 Å². The molecule has 6 rings (SSSR count). The van der Waals surface area contributed by atoms with Crippen molar-refractivity contribution in [2.45, 2.75) is 44.7 Å². The molecule has 5 aromatic rings. The number of nitrogens with one attached hydrogen (secondary N) is 3. The van der Waals surface area contributed by atoms with E-state index in [0.717, 1.165) is 58.9 Å². The quantitative estimate of drug-likeness (QED) is 0.156. The number of carbonyl (C=O) groups excluding carboxylic acids is 2. The fourth-order valence-corrected chi connectivity index (χ4v) is 6.67. The largest absolute Gasteiger partial charge is 0.508 e. The van der Waals surface area contributed by atoms with Crippen LogP contribution in [-0.4, -0.2) is 68.9 Å². The first kappa shape index (κ1) is 29.8. The number of aromatic nitrogens is 2. The van der Waals surface area contributed by atoms with Gasteiger partial charge in [-0.3, -0.25) is 14.5 Å². The number of halogens is 1. The van der Waals surface area contributed by atoms with Crippen molar-refractivity contribution >= 4 is 45.2 Å². The number of H-pyrrole nitrogens is 2. The first-order valence-corrected chi connectivity index (χ1v) is 15.6. The van der Waals surface area contributed by atoms with Gasteiger partial charge in [0.15, 0.2) is 0 Å². The molecular formula is C35H38ClN5O3. The standard InChI is InChI=1S/C35H38ClN5O3/c1-23(42)41(20-25-6-2-4-8-32(25)36)21-27(16-26-18-37-33-9-5-3-7-29(26)33)39-35(44)22-40-14-12-24(13-15-40)31-19-38-34-11-10-28(43)17-30(31)34/h2-11,17-19,24,27,37-38,43H,12-16,20-22H2,1H3,(H,39,44)/t27-/m1/s1. The van der Waals surface area contributed by atoms with E-state index in [-0.39, 0.29) is 23.6 Å². The Kier molecular flexibility index (Phi) is 8.91. The van der Waals surface area contributed by atoms with Crippen molar-refractivity contribution in [3.05, 3.63) is 101 Å². The highest BCUT2D eigenvalue weighted by Crippen LogP contribution is 2.34. The second kappa shape index (κ2) is 13.2. The number of amides is 2. The highest BCUT2D eigenvalue weighted by molar-refractivity contribution is 6.31. The third-order valence-electron chi connectivity index (χ3n) is 8.80. The molecule has 0 radical (unpaired) electrons. The second-order valence-electron chi connectivity index (χ2n) is 11.8. The van der Waals surface area contributed by atoms with Crippen molar-refractivity contribution < 1.29 is 14.7 Å². The molecule has 4 N–H and O–H groups in total. The summed E-state index contributed by atoms with van der Waals surface area (Å²) in [6, 6.07) is 20.8. The lowest BCUT2D eigenvalue weighted by Crippen LogP contribution is -2.49. The normalized spacial score (nSPS) is 15.0. The molecule has 1 fully saturated rings. The number of hydrogen-bond acceptors (Lipinski definition) is 4. The Morgan fingerprint density at radius 2 is 1.70 bits per heavy atom. The third kappa shape index (κ3) is 6.77. The Hall–Kier alpha value is -4.27. The monoisotopic (exact) mass is 611 g/mol. The maximum absolute atomic E-state index is 13.5. The highest BCUT2D eigenvalue weighted by Gasteiger charge is 2.26. The van der Waals surface area contributed by atoms with Crippen molar-refractivity contribution in [3.8, 4) is 5.75 Å². The minimum absolute atomic E-state index is 0.0495. The van der Waals surface area contributed by atoms with Crippen LogP contribution in [0.5, 0.6) is 5.75 Å². The van der Waals surface area contributed by atoms with Crippen molar-refractivity contribution in [1.29, 1.82) is 0 Å². The van der Waals surface area contributed by atoms with Crippen LogP contribution in [-0.2, 0) is 22.6 Å². The fourth-order valence-electron chi connectivity index (χ4n) is 6.48. The van der Waals surface area contributed by atoms with Gasteiger partial charge in [-0.25, -0.2) is 0 Å². The van der Waals surface area contributed by atoms with Gasteiger partial charge in [0.2, 0.25) is 11.8 Å². The van der Waals surface area contributed by atoms with E-state index in [1.807, 2.05) is 60.8 Å². The number of aromatic amines is 2. The number of nitrogens with zero attached hydrogens (tertiary/aromatic N) is 2. The van der Waals surface area contributed by atoms with E-state index in [1.165, 1.54) is 5.56 Å². The molecular weight excluding hydrogens is 574 g/mol. The minimum atomic E-state index is -0.287. The van der Waals surface area contributed by atoms with Crippen LogP contribution in [0.3, 0.4) is 0 Å². The van der Waals surface area contributed by atoms with Crippen molar-refractivity contribution in [2.24, 2.45) is 0 Å². The first-order valence-electron chi connectivity index (χ1n) is 15.2. The summed E-state index contributed by atoms with van der Waals surface area (Å²) in [5.41, 5.74) is 5.25. The second-order valence-corrected chi connectivity index (χ2v) is 12.3. The van der Waals surface area contributed by atoms with Crippen LogP contribution in [0.25, 0.3) is 21.8 Å². The summed E-state index contributed by atoms with van der Waals surface area (Å²) in [5.74, 6) is 0.514. The summed E-state index contributed by atoms with van der Waals surface area (Å²) in [6.45, 7) is 4.21. The molecule has 1 saturated heterocycles. The van der Waals surface area contributed by atoms with Crippen LogP contribution in [0.4, 0.5) is 0 Å². The lowest BCUT2D eigenvalue weighted by molar-refractivity contribution is -0.131. The molecule has 3 aromatic carbocycles. The number of phenols is 1. The van der Waals surface area contributed by atoms with Crippen molar-refractivity contribution in [1.82, 2.24) is 25.1 Å². The number of rotatable bonds is 10. The van der Waals surface area contributed by atoms with Gasteiger partial charge >= 0.3 is 0 Å². The molecule has 0 spiro atoms. The number of phenolic OH excluding ortho intramolecular Hbond substituents is 1. The van der Waals surface area contributed by atoms with E-state index < -0.39 is 0 Å². The SMILES string of the molecule is CC(=O)N(Cc1ccccc1Cl)C[C@@H](Cc1c[nH]c2ccccc12)NC(=O)CN1CCC(c2c[nH]c3ccc(O)cc23)CC1. The van der Waals surface area contributed by atoms with Crippen LogP contribution >= 0.6 is 11.6 Å². The molecule has 0 bridgehead atoms. The molecule has 9 heteroatoms. The zero-order chi connectivity index (χ0) is 30.6. The molecule has 2 aromatic heterocycles. The van der Waals surface area contributed by atoms with Crippen LogP contribution in [0.15, 0.2) is 79.1 Å². The molecule has 0 unspecified atom stereocenters. The topological polar surface area (TPSA) is 104 Å². The van der Waals surface area contributed by atoms with Gasteiger partial charge in [0.25, 0.3) is 0 Å². The summed E-state index contributed by atoms with van der Waals surface area (Å²) < 4.78 is 0. The molecule has 44 heavy (non-hydrogen) atoms. The lowest BCUT2D eigenvalue weighted by atomic mass is 9.89. The smallest absolute Gasteiger partial charge is 0.234 e. The van der Waals surface area contributed by atoms with Gasteiger partial charge in [-0.2, -0.15) is 0 Å². The number of likely N-dealkylation sites (tertiary alicyclic amines) is 1. The highest BCUT2D eigenvalue weighted by atomic mass is 35.5. The average molecular weight is 612 g/mol. The number of carbonyl (C=O) groups is 2. The molecule has 1 aliphatic rings. The van der Waals surface area contributed by atoms with E-state index in [1.54, 1.807) is 17.9 Å². The first-order chi connectivity index (χ1) is 21.3. The Bertz CT molecular complexity index is 1770. The molecule has 0 saturated carbocycles.